The van der Waals surface area contributed by atoms with Gasteiger partial charge < -0.3 is 5.32 Å². The fourth-order valence-corrected chi connectivity index (χ4v) is 3.18. The van der Waals surface area contributed by atoms with Crippen LogP contribution >= 0.6 is 11.6 Å². The van der Waals surface area contributed by atoms with Crippen molar-refractivity contribution in [2.45, 2.75) is 18.9 Å². The summed E-state index contributed by atoms with van der Waals surface area (Å²) in [5.74, 6) is -0.267. The minimum absolute atomic E-state index is 0.0494. The van der Waals surface area contributed by atoms with Gasteiger partial charge in [-0.25, -0.2) is 0 Å². The molecule has 0 bridgehead atoms. The normalized spacial score (nSPS) is 11.6. The second-order valence-corrected chi connectivity index (χ2v) is 6.86. The minimum Gasteiger partial charge on any atom is -0.349 e. The van der Waals surface area contributed by atoms with E-state index in [1.54, 1.807) is 18.2 Å². The van der Waals surface area contributed by atoms with Crippen LogP contribution < -0.4 is 5.32 Å². The van der Waals surface area contributed by atoms with Gasteiger partial charge in [0.05, 0.1) is 17.4 Å². The number of nitro benzene ring substituents is 1. The summed E-state index contributed by atoms with van der Waals surface area (Å²) < 4.78 is 0. The fraction of sp³-hybridized carbons (Fsp3) is 0.136. The summed E-state index contributed by atoms with van der Waals surface area (Å²) in [6, 6.07) is 23.2. The highest BCUT2D eigenvalue weighted by atomic mass is 35.5. The SMILES string of the molecule is O=C(Cc1ccccc1[N+](=O)[O-])NC(Cc1ccc(Cl)cc1)c1ccccc1. The average molecular weight is 395 g/mol. The summed E-state index contributed by atoms with van der Waals surface area (Å²) in [5, 5.41) is 14.8. The molecule has 3 aromatic carbocycles. The van der Waals surface area contributed by atoms with Crippen molar-refractivity contribution in [3.8, 4) is 0 Å². The zero-order valence-corrected chi connectivity index (χ0v) is 15.8. The molecule has 0 spiro atoms. The molecule has 0 fully saturated rings. The predicted molar refractivity (Wildman–Crippen MR) is 109 cm³/mol. The van der Waals surface area contributed by atoms with Crippen LogP contribution in [0.25, 0.3) is 0 Å². The lowest BCUT2D eigenvalue weighted by Crippen LogP contribution is -2.31. The van der Waals surface area contributed by atoms with Crippen LogP contribution in [0.4, 0.5) is 5.69 Å². The van der Waals surface area contributed by atoms with E-state index >= 15 is 0 Å². The van der Waals surface area contributed by atoms with Gasteiger partial charge in [-0.15, -0.1) is 0 Å². The van der Waals surface area contributed by atoms with Gasteiger partial charge in [0, 0.05) is 16.7 Å². The number of nitro groups is 1. The third-order valence-electron chi connectivity index (χ3n) is 4.43. The van der Waals surface area contributed by atoms with Crippen LogP contribution in [0.2, 0.25) is 5.02 Å². The molecule has 0 aromatic heterocycles. The highest BCUT2D eigenvalue weighted by molar-refractivity contribution is 6.30. The molecule has 0 heterocycles. The van der Waals surface area contributed by atoms with Gasteiger partial charge in [-0.05, 0) is 29.7 Å². The van der Waals surface area contributed by atoms with E-state index in [-0.39, 0.29) is 24.1 Å². The molecule has 142 valence electrons. The van der Waals surface area contributed by atoms with Gasteiger partial charge in [0.25, 0.3) is 5.69 Å². The van der Waals surface area contributed by atoms with Crippen LogP contribution in [0.15, 0.2) is 78.9 Å². The van der Waals surface area contributed by atoms with E-state index in [1.165, 1.54) is 6.07 Å². The van der Waals surface area contributed by atoms with Crippen molar-refractivity contribution in [3.05, 3.63) is 111 Å². The number of benzene rings is 3. The van der Waals surface area contributed by atoms with Gasteiger partial charge in [-0.2, -0.15) is 0 Å². The molecular weight excluding hydrogens is 376 g/mol. The summed E-state index contributed by atoms with van der Waals surface area (Å²) in [6.45, 7) is 0. The van der Waals surface area contributed by atoms with Gasteiger partial charge in [-0.3, -0.25) is 14.9 Å². The van der Waals surface area contributed by atoms with E-state index in [1.807, 2.05) is 54.6 Å². The van der Waals surface area contributed by atoms with E-state index in [2.05, 4.69) is 5.32 Å². The highest BCUT2D eigenvalue weighted by Crippen LogP contribution is 2.22. The number of hydrogen-bond donors (Lipinski definition) is 1. The summed E-state index contributed by atoms with van der Waals surface area (Å²) in [5.41, 5.74) is 2.34. The number of rotatable bonds is 7. The molecule has 1 N–H and O–H groups in total. The van der Waals surface area contributed by atoms with Crippen LogP contribution in [0, 0.1) is 10.1 Å². The van der Waals surface area contributed by atoms with Crippen molar-refractivity contribution < 1.29 is 9.72 Å². The summed E-state index contributed by atoms with van der Waals surface area (Å²) in [7, 11) is 0. The second-order valence-electron chi connectivity index (χ2n) is 6.42. The molecule has 3 aromatic rings. The minimum atomic E-state index is -0.467. The van der Waals surface area contributed by atoms with Crippen molar-refractivity contribution in [2.75, 3.05) is 0 Å². The van der Waals surface area contributed by atoms with E-state index in [0.29, 0.717) is 17.0 Å². The first-order chi connectivity index (χ1) is 13.5. The van der Waals surface area contributed by atoms with Crippen molar-refractivity contribution in [1.29, 1.82) is 0 Å². The maximum Gasteiger partial charge on any atom is 0.273 e. The lowest BCUT2D eigenvalue weighted by molar-refractivity contribution is -0.385. The molecular formula is C22H19ClN2O3. The van der Waals surface area contributed by atoms with Gasteiger partial charge >= 0.3 is 0 Å². The Morgan fingerprint density at radius 1 is 0.964 bits per heavy atom. The molecule has 0 saturated carbocycles. The van der Waals surface area contributed by atoms with Gasteiger partial charge in [0.1, 0.15) is 0 Å². The molecule has 6 heteroatoms. The first-order valence-corrected chi connectivity index (χ1v) is 9.22. The monoisotopic (exact) mass is 394 g/mol. The first kappa shape index (κ1) is 19.6. The Kier molecular flexibility index (Phi) is 6.40. The largest absolute Gasteiger partial charge is 0.349 e. The van der Waals surface area contributed by atoms with Gasteiger partial charge in [-0.1, -0.05) is 72.3 Å². The molecule has 0 aliphatic heterocycles. The smallest absolute Gasteiger partial charge is 0.273 e. The average Bonchev–Trinajstić information content (AvgIpc) is 2.70. The Morgan fingerprint density at radius 2 is 1.61 bits per heavy atom. The number of nitrogens with one attached hydrogen (secondary N) is 1. The number of nitrogens with zero attached hydrogens (tertiary/aromatic N) is 1. The highest BCUT2D eigenvalue weighted by Gasteiger charge is 2.19. The zero-order chi connectivity index (χ0) is 19.9. The third kappa shape index (κ3) is 5.18. The predicted octanol–water partition coefficient (Wildman–Crippen LogP) is 4.89. The van der Waals surface area contributed by atoms with Crippen LogP contribution in [0.1, 0.15) is 22.7 Å². The summed E-state index contributed by atoms with van der Waals surface area (Å²) in [4.78, 5) is 23.4. The number of hydrogen-bond acceptors (Lipinski definition) is 3. The molecule has 3 rings (SSSR count). The van der Waals surface area contributed by atoms with E-state index in [4.69, 9.17) is 11.6 Å². The third-order valence-corrected chi connectivity index (χ3v) is 4.68. The molecule has 0 aliphatic rings. The Balaban J connectivity index is 1.78. The Hall–Kier alpha value is -3.18. The Morgan fingerprint density at radius 3 is 2.29 bits per heavy atom. The van der Waals surface area contributed by atoms with Crippen molar-refractivity contribution in [3.63, 3.8) is 0 Å². The van der Waals surface area contributed by atoms with E-state index in [0.717, 1.165) is 11.1 Å². The summed E-state index contributed by atoms with van der Waals surface area (Å²) >= 11 is 5.96. The zero-order valence-electron chi connectivity index (χ0n) is 15.0. The first-order valence-electron chi connectivity index (χ1n) is 8.84. The number of carbonyl (C=O) groups is 1. The number of para-hydroxylation sites is 1. The molecule has 0 aliphatic carbocycles. The molecule has 1 unspecified atom stereocenters. The van der Waals surface area contributed by atoms with Crippen molar-refractivity contribution >= 4 is 23.2 Å². The van der Waals surface area contributed by atoms with Crippen molar-refractivity contribution in [2.24, 2.45) is 0 Å². The Bertz CT molecular complexity index is 959. The summed E-state index contributed by atoms with van der Waals surface area (Å²) in [6.07, 6.45) is 0.533. The Labute approximate surface area is 168 Å². The van der Waals surface area contributed by atoms with E-state index in [9.17, 15) is 14.9 Å². The maximum atomic E-state index is 12.7. The maximum absolute atomic E-state index is 12.7. The standard InChI is InChI=1S/C22H19ClN2O3/c23-19-12-10-16(11-13-19)14-20(17-6-2-1-3-7-17)24-22(26)15-18-8-4-5-9-21(18)25(27)28/h1-13,20H,14-15H2,(H,24,26). The quantitative estimate of drug-likeness (QED) is 0.458. The van der Waals surface area contributed by atoms with Crippen molar-refractivity contribution in [1.82, 2.24) is 5.32 Å². The van der Waals surface area contributed by atoms with Crippen LogP contribution in [-0.4, -0.2) is 10.8 Å². The number of carbonyl (C=O) groups excluding carboxylic acids is 1. The van der Waals surface area contributed by atoms with Gasteiger partial charge in [0.2, 0.25) is 5.91 Å². The fourth-order valence-electron chi connectivity index (χ4n) is 3.05. The van der Waals surface area contributed by atoms with Crippen LogP contribution in [0.5, 0.6) is 0 Å². The molecule has 1 amide bonds. The molecule has 0 radical (unpaired) electrons. The second kappa shape index (κ2) is 9.15. The van der Waals surface area contributed by atoms with E-state index < -0.39 is 4.92 Å². The molecule has 1 atom stereocenters. The number of halogens is 1. The van der Waals surface area contributed by atoms with Crippen LogP contribution in [0.3, 0.4) is 0 Å². The molecule has 0 saturated heterocycles. The topological polar surface area (TPSA) is 72.2 Å². The lowest BCUT2D eigenvalue weighted by atomic mass is 9.98. The van der Waals surface area contributed by atoms with Crippen LogP contribution in [-0.2, 0) is 17.6 Å². The lowest BCUT2D eigenvalue weighted by Gasteiger charge is -2.20. The molecule has 28 heavy (non-hydrogen) atoms. The van der Waals surface area contributed by atoms with Gasteiger partial charge in [0.15, 0.2) is 0 Å². The number of amides is 1. The molecule has 5 nitrogen and oxygen atoms in total.